The van der Waals surface area contributed by atoms with E-state index in [1.807, 2.05) is 4.90 Å². The first-order chi connectivity index (χ1) is 10.2. The number of methoxy groups -OCH3 is 1. The van der Waals surface area contributed by atoms with E-state index in [4.69, 9.17) is 19.9 Å². The Bertz CT molecular complexity index is 534. The second kappa shape index (κ2) is 5.91. The maximum absolute atomic E-state index is 12.7. The van der Waals surface area contributed by atoms with Crippen molar-refractivity contribution in [3.8, 4) is 11.5 Å². The maximum atomic E-state index is 12.7. The van der Waals surface area contributed by atoms with Gasteiger partial charge in [0.15, 0.2) is 11.5 Å². The van der Waals surface area contributed by atoms with E-state index < -0.39 is 0 Å². The molecule has 0 saturated carbocycles. The summed E-state index contributed by atoms with van der Waals surface area (Å²) in [6.07, 6.45) is 1.80. The Balaban J connectivity index is 1.78. The van der Waals surface area contributed by atoms with Crippen molar-refractivity contribution < 1.29 is 19.0 Å². The minimum atomic E-state index is -0.0155. The summed E-state index contributed by atoms with van der Waals surface area (Å²) >= 11 is 0. The molecule has 3 rings (SSSR count). The van der Waals surface area contributed by atoms with Gasteiger partial charge in [-0.25, -0.2) is 0 Å². The van der Waals surface area contributed by atoms with Gasteiger partial charge in [-0.05, 0) is 31.0 Å². The average Bonchev–Trinajstić information content (AvgIpc) is 3.01. The first-order valence-electron chi connectivity index (χ1n) is 7.16. The Labute approximate surface area is 123 Å². The number of rotatable bonds is 3. The molecule has 0 aliphatic carbocycles. The van der Waals surface area contributed by atoms with Gasteiger partial charge in [-0.3, -0.25) is 4.79 Å². The van der Waals surface area contributed by atoms with Gasteiger partial charge in [-0.15, -0.1) is 0 Å². The van der Waals surface area contributed by atoms with Gasteiger partial charge in [0.1, 0.15) is 0 Å². The van der Waals surface area contributed by atoms with Gasteiger partial charge in [-0.1, -0.05) is 0 Å². The van der Waals surface area contributed by atoms with Crippen molar-refractivity contribution in [2.75, 3.05) is 27.0 Å². The molecule has 6 heteroatoms. The number of piperidine rings is 1. The lowest BCUT2D eigenvalue weighted by Crippen LogP contribution is -2.51. The zero-order valence-electron chi connectivity index (χ0n) is 12.1. The number of benzene rings is 1. The molecule has 2 atom stereocenters. The molecule has 2 aliphatic heterocycles. The number of ether oxygens (including phenoxy) is 3. The summed E-state index contributed by atoms with van der Waals surface area (Å²) in [7, 11) is 1.70. The highest BCUT2D eigenvalue weighted by Crippen LogP contribution is 2.33. The molecule has 0 spiro atoms. The molecule has 21 heavy (non-hydrogen) atoms. The lowest BCUT2D eigenvalue weighted by molar-refractivity contribution is 0.0139. The molecule has 1 saturated heterocycles. The van der Waals surface area contributed by atoms with E-state index in [9.17, 15) is 4.79 Å². The van der Waals surface area contributed by atoms with Crippen LogP contribution in [0.4, 0.5) is 0 Å². The van der Waals surface area contributed by atoms with Crippen molar-refractivity contribution in [3.05, 3.63) is 23.8 Å². The zero-order valence-corrected chi connectivity index (χ0v) is 12.1. The monoisotopic (exact) mass is 292 g/mol. The van der Waals surface area contributed by atoms with E-state index in [1.54, 1.807) is 25.3 Å². The molecule has 2 unspecified atom stereocenters. The number of nitrogens with zero attached hydrogens (tertiary/aromatic N) is 1. The molecule has 0 bridgehead atoms. The second-order valence-electron chi connectivity index (χ2n) is 5.34. The van der Waals surface area contributed by atoms with Crippen LogP contribution in [0.3, 0.4) is 0 Å². The summed E-state index contributed by atoms with van der Waals surface area (Å²) in [6.45, 7) is 1.31. The Kier molecular flexibility index (Phi) is 3.98. The molecule has 2 N–H and O–H groups in total. The Hall–Kier alpha value is -1.79. The quantitative estimate of drug-likeness (QED) is 0.899. The Morgan fingerprint density at radius 1 is 1.43 bits per heavy atom. The SMILES string of the molecule is COC1CCN(C(=O)c2ccc3c(c2)OCO3)C(CN)C1. The number of hydrogen-bond donors (Lipinski definition) is 1. The van der Waals surface area contributed by atoms with Crippen LogP contribution >= 0.6 is 0 Å². The second-order valence-corrected chi connectivity index (χ2v) is 5.34. The van der Waals surface area contributed by atoms with E-state index in [-0.39, 0.29) is 24.8 Å². The smallest absolute Gasteiger partial charge is 0.254 e. The Morgan fingerprint density at radius 3 is 3.00 bits per heavy atom. The van der Waals surface area contributed by atoms with Crippen LogP contribution in [-0.2, 0) is 4.74 Å². The lowest BCUT2D eigenvalue weighted by Gasteiger charge is -2.38. The molecule has 0 aromatic heterocycles. The van der Waals surface area contributed by atoms with E-state index in [0.717, 1.165) is 12.8 Å². The van der Waals surface area contributed by atoms with Gasteiger partial charge in [-0.2, -0.15) is 0 Å². The highest BCUT2D eigenvalue weighted by molar-refractivity contribution is 5.95. The van der Waals surface area contributed by atoms with Crippen LogP contribution in [0.2, 0.25) is 0 Å². The van der Waals surface area contributed by atoms with E-state index in [1.165, 1.54) is 0 Å². The van der Waals surface area contributed by atoms with Crippen molar-refractivity contribution in [1.29, 1.82) is 0 Å². The molecule has 1 aromatic carbocycles. The highest BCUT2D eigenvalue weighted by atomic mass is 16.7. The number of likely N-dealkylation sites (tertiary alicyclic amines) is 1. The fraction of sp³-hybridized carbons (Fsp3) is 0.533. The third-order valence-corrected chi connectivity index (χ3v) is 4.15. The predicted octanol–water partition coefficient (Wildman–Crippen LogP) is 0.994. The normalized spacial score (nSPS) is 24.2. The van der Waals surface area contributed by atoms with Crippen molar-refractivity contribution in [3.63, 3.8) is 0 Å². The lowest BCUT2D eigenvalue weighted by atomic mass is 9.98. The number of nitrogens with two attached hydrogens (primary N) is 1. The molecule has 1 fully saturated rings. The van der Waals surface area contributed by atoms with Crippen molar-refractivity contribution in [1.82, 2.24) is 4.90 Å². The molecule has 1 aromatic rings. The first-order valence-corrected chi connectivity index (χ1v) is 7.16. The number of carbonyl (C=O) groups excluding carboxylic acids is 1. The minimum absolute atomic E-state index is 0.0154. The van der Waals surface area contributed by atoms with Crippen LogP contribution in [0.15, 0.2) is 18.2 Å². The van der Waals surface area contributed by atoms with Crippen LogP contribution in [0.1, 0.15) is 23.2 Å². The van der Waals surface area contributed by atoms with Crippen LogP contribution in [0.5, 0.6) is 11.5 Å². The highest BCUT2D eigenvalue weighted by Gasteiger charge is 2.31. The predicted molar refractivity (Wildman–Crippen MR) is 76.5 cm³/mol. The fourth-order valence-corrected chi connectivity index (χ4v) is 2.91. The van der Waals surface area contributed by atoms with Crippen LogP contribution in [-0.4, -0.2) is 49.9 Å². The molecule has 0 radical (unpaired) electrons. The topological polar surface area (TPSA) is 74.0 Å². The van der Waals surface area contributed by atoms with Crippen molar-refractivity contribution >= 4 is 5.91 Å². The van der Waals surface area contributed by atoms with Crippen molar-refractivity contribution in [2.45, 2.75) is 25.0 Å². The first kappa shape index (κ1) is 14.2. The van der Waals surface area contributed by atoms with Gasteiger partial charge in [0.25, 0.3) is 5.91 Å². The summed E-state index contributed by atoms with van der Waals surface area (Å²) in [5.41, 5.74) is 6.43. The van der Waals surface area contributed by atoms with E-state index in [0.29, 0.717) is 30.2 Å². The average molecular weight is 292 g/mol. The summed E-state index contributed by atoms with van der Waals surface area (Å²) < 4.78 is 16.0. The number of hydrogen-bond acceptors (Lipinski definition) is 5. The summed E-state index contributed by atoms with van der Waals surface area (Å²) in [5, 5.41) is 0. The van der Waals surface area contributed by atoms with Crippen LogP contribution in [0, 0.1) is 0 Å². The number of amides is 1. The number of fused-ring (bicyclic) bond motifs is 1. The zero-order chi connectivity index (χ0) is 14.8. The molecule has 6 nitrogen and oxygen atoms in total. The molecular formula is C15H20N2O4. The van der Waals surface area contributed by atoms with Gasteiger partial charge < -0.3 is 24.8 Å². The number of carbonyl (C=O) groups is 1. The standard InChI is InChI=1S/C15H20N2O4/c1-19-12-4-5-17(11(7-12)8-16)15(18)10-2-3-13-14(6-10)21-9-20-13/h2-3,6,11-12H,4-5,7-9,16H2,1H3. The van der Waals surface area contributed by atoms with Gasteiger partial charge in [0.2, 0.25) is 6.79 Å². The molecule has 2 aliphatic rings. The molecule has 1 amide bonds. The Morgan fingerprint density at radius 2 is 2.24 bits per heavy atom. The summed E-state index contributed by atoms with van der Waals surface area (Å²) in [5.74, 6) is 1.29. The van der Waals surface area contributed by atoms with Gasteiger partial charge >= 0.3 is 0 Å². The third-order valence-electron chi connectivity index (χ3n) is 4.15. The van der Waals surface area contributed by atoms with Crippen molar-refractivity contribution in [2.24, 2.45) is 5.73 Å². The van der Waals surface area contributed by atoms with E-state index in [2.05, 4.69) is 0 Å². The molecule has 2 heterocycles. The van der Waals surface area contributed by atoms with Gasteiger partial charge in [0, 0.05) is 31.8 Å². The summed E-state index contributed by atoms with van der Waals surface area (Å²) in [6, 6.07) is 5.29. The maximum Gasteiger partial charge on any atom is 0.254 e. The molecular weight excluding hydrogens is 272 g/mol. The largest absolute Gasteiger partial charge is 0.454 e. The van der Waals surface area contributed by atoms with Gasteiger partial charge in [0.05, 0.1) is 6.10 Å². The fourth-order valence-electron chi connectivity index (χ4n) is 2.91. The third kappa shape index (κ3) is 2.69. The van der Waals surface area contributed by atoms with Crippen LogP contribution < -0.4 is 15.2 Å². The molecule has 114 valence electrons. The van der Waals surface area contributed by atoms with Crippen LogP contribution in [0.25, 0.3) is 0 Å². The summed E-state index contributed by atoms with van der Waals surface area (Å²) in [4.78, 5) is 14.5. The van der Waals surface area contributed by atoms with E-state index >= 15 is 0 Å². The minimum Gasteiger partial charge on any atom is -0.454 e.